The monoisotopic (exact) mass is 374 g/mol. The topological polar surface area (TPSA) is 114 Å². The Hall–Kier alpha value is -3.26. The molecule has 0 bridgehead atoms. The van der Waals surface area contributed by atoms with Crippen molar-refractivity contribution in [1.82, 2.24) is 5.43 Å². The molecule has 0 aromatic heterocycles. The van der Waals surface area contributed by atoms with E-state index in [-0.39, 0.29) is 24.4 Å². The van der Waals surface area contributed by atoms with Gasteiger partial charge in [0.25, 0.3) is 5.69 Å². The number of non-ortho nitro benzene ring substituents is 1. The molecule has 2 aromatic carbocycles. The molecule has 0 spiro atoms. The molecule has 0 aliphatic heterocycles. The van der Waals surface area contributed by atoms with Gasteiger partial charge in [-0.25, -0.2) is 5.43 Å². The van der Waals surface area contributed by atoms with Gasteiger partial charge in [0.05, 0.1) is 21.8 Å². The van der Waals surface area contributed by atoms with Crippen molar-refractivity contribution in [3.63, 3.8) is 0 Å². The molecule has 0 saturated carbocycles. The van der Waals surface area contributed by atoms with E-state index in [4.69, 9.17) is 11.6 Å². The van der Waals surface area contributed by atoms with E-state index < -0.39 is 10.8 Å². The lowest BCUT2D eigenvalue weighted by atomic mass is 10.2. The number of rotatable bonds is 7. The lowest BCUT2D eigenvalue weighted by Gasteiger charge is -2.06. The predicted molar refractivity (Wildman–Crippen MR) is 98.1 cm³/mol. The highest BCUT2D eigenvalue weighted by Gasteiger charge is 2.08. The fourth-order valence-corrected chi connectivity index (χ4v) is 2.10. The second kappa shape index (κ2) is 9.28. The zero-order valence-electron chi connectivity index (χ0n) is 13.5. The van der Waals surface area contributed by atoms with Crippen LogP contribution in [-0.2, 0) is 9.59 Å². The molecule has 2 N–H and O–H groups in total. The molecule has 8 nitrogen and oxygen atoms in total. The molecule has 0 heterocycles. The van der Waals surface area contributed by atoms with Crippen molar-refractivity contribution in [2.75, 3.05) is 5.32 Å². The Morgan fingerprint density at radius 2 is 1.73 bits per heavy atom. The van der Waals surface area contributed by atoms with E-state index in [1.54, 1.807) is 24.3 Å². The summed E-state index contributed by atoms with van der Waals surface area (Å²) in [5.74, 6) is -0.773. The molecule has 2 rings (SSSR count). The number of nitro benzene ring substituents is 1. The summed E-state index contributed by atoms with van der Waals surface area (Å²) in [7, 11) is 0. The minimum atomic E-state index is -0.504. The van der Waals surface area contributed by atoms with Crippen LogP contribution < -0.4 is 10.7 Å². The normalized spacial score (nSPS) is 10.5. The minimum absolute atomic E-state index is 0.0237. The minimum Gasteiger partial charge on any atom is -0.325 e. The van der Waals surface area contributed by atoms with Crippen LogP contribution in [0.1, 0.15) is 18.4 Å². The molecule has 0 radical (unpaired) electrons. The number of anilines is 1. The second-order valence-electron chi connectivity index (χ2n) is 5.17. The zero-order valence-corrected chi connectivity index (χ0v) is 14.3. The SMILES string of the molecule is O=C(CCC(=O)Nc1ccccc1Cl)NN=Cc1ccc([N+](=O)[O-])cc1. The quantitative estimate of drug-likeness (QED) is 0.440. The summed E-state index contributed by atoms with van der Waals surface area (Å²) >= 11 is 5.93. The van der Waals surface area contributed by atoms with Crippen molar-refractivity contribution < 1.29 is 14.5 Å². The van der Waals surface area contributed by atoms with Crippen LogP contribution in [0.15, 0.2) is 53.6 Å². The Bertz CT molecular complexity index is 837. The molecule has 26 heavy (non-hydrogen) atoms. The largest absolute Gasteiger partial charge is 0.325 e. The number of hydrogen-bond donors (Lipinski definition) is 2. The third kappa shape index (κ3) is 5.99. The van der Waals surface area contributed by atoms with Crippen molar-refractivity contribution in [2.24, 2.45) is 5.10 Å². The summed E-state index contributed by atoms with van der Waals surface area (Å²) in [6.45, 7) is 0. The van der Waals surface area contributed by atoms with E-state index in [1.807, 2.05) is 0 Å². The van der Waals surface area contributed by atoms with E-state index in [0.29, 0.717) is 16.3 Å². The van der Waals surface area contributed by atoms with Crippen LogP contribution in [0.25, 0.3) is 0 Å². The average molecular weight is 375 g/mol. The number of benzene rings is 2. The van der Waals surface area contributed by atoms with E-state index in [0.717, 1.165) is 0 Å². The molecule has 0 saturated heterocycles. The number of carbonyl (C=O) groups excluding carboxylic acids is 2. The van der Waals surface area contributed by atoms with Crippen LogP contribution in [0.5, 0.6) is 0 Å². The van der Waals surface area contributed by atoms with Gasteiger partial charge >= 0.3 is 0 Å². The summed E-state index contributed by atoms with van der Waals surface area (Å²) in [4.78, 5) is 33.5. The maximum absolute atomic E-state index is 11.8. The van der Waals surface area contributed by atoms with Gasteiger partial charge < -0.3 is 5.32 Å². The number of para-hydroxylation sites is 1. The maximum atomic E-state index is 11.8. The lowest BCUT2D eigenvalue weighted by molar-refractivity contribution is -0.384. The van der Waals surface area contributed by atoms with Crippen molar-refractivity contribution in [1.29, 1.82) is 0 Å². The Labute approximate surface area is 154 Å². The summed E-state index contributed by atoms with van der Waals surface area (Å²) in [6.07, 6.45) is 1.28. The van der Waals surface area contributed by atoms with Gasteiger partial charge in [-0.15, -0.1) is 0 Å². The number of amides is 2. The number of nitrogens with one attached hydrogen (secondary N) is 2. The summed E-state index contributed by atoms with van der Waals surface area (Å²) in [5.41, 5.74) is 3.33. The fraction of sp³-hybridized carbons (Fsp3) is 0.118. The number of nitrogens with zero attached hydrogens (tertiary/aromatic N) is 2. The molecule has 0 fully saturated rings. The van der Waals surface area contributed by atoms with Crippen molar-refractivity contribution in [2.45, 2.75) is 12.8 Å². The van der Waals surface area contributed by atoms with Crippen LogP contribution in [-0.4, -0.2) is 23.0 Å². The number of hydrazone groups is 1. The zero-order chi connectivity index (χ0) is 18.9. The molecule has 0 aliphatic carbocycles. The lowest BCUT2D eigenvalue weighted by Crippen LogP contribution is -2.20. The average Bonchev–Trinajstić information content (AvgIpc) is 2.62. The van der Waals surface area contributed by atoms with Crippen LogP contribution in [0.2, 0.25) is 5.02 Å². The van der Waals surface area contributed by atoms with Gasteiger partial charge in [0.15, 0.2) is 0 Å². The Balaban J connectivity index is 1.75. The van der Waals surface area contributed by atoms with E-state index >= 15 is 0 Å². The van der Waals surface area contributed by atoms with Gasteiger partial charge in [0.1, 0.15) is 0 Å². The number of hydrogen-bond acceptors (Lipinski definition) is 5. The highest BCUT2D eigenvalue weighted by molar-refractivity contribution is 6.33. The van der Waals surface area contributed by atoms with Crippen LogP contribution >= 0.6 is 11.6 Å². The Morgan fingerprint density at radius 3 is 2.38 bits per heavy atom. The van der Waals surface area contributed by atoms with Crippen molar-refractivity contribution in [3.8, 4) is 0 Å². The molecule has 0 unspecified atom stereocenters. The summed E-state index contributed by atoms with van der Waals surface area (Å²) in [5, 5.41) is 17.3. The number of halogens is 1. The third-order valence-electron chi connectivity index (χ3n) is 3.23. The second-order valence-corrected chi connectivity index (χ2v) is 5.58. The van der Waals surface area contributed by atoms with E-state index in [9.17, 15) is 19.7 Å². The third-order valence-corrected chi connectivity index (χ3v) is 3.56. The van der Waals surface area contributed by atoms with Crippen molar-refractivity contribution in [3.05, 3.63) is 69.2 Å². The number of nitro groups is 1. The maximum Gasteiger partial charge on any atom is 0.269 e. The molecule has 134 valence electrons. The Kier molecular flexibility index (Phi) is 6.81. The van der Waals surface area contributed by atoms with Gasteiger partial charge in [-0.2, -0.15) is 5.10 Å². The van der Waals surface area contributed by atoms with Gasteiger partial charge in [-0.1, -0.05) is 23.7 Å². The molecule has 2 aromatic rings. The molecule has 0 aliphatic rings. The molecular formula is C17H15ClN4O4. The molecule has 9 heteroatoms. The van der Waals surface area contributed by atoms with E-state index in [2.05, 4.69) is 15.8 Å². The first-order valence-corrected chi connectivity index (χ1v) is 7.94. The first-order valence-electron chi connectivity index (χ1n) is 7.56. The Morgan fingerprint density at radius 1 is 1.08 bits per heavy atom. The van der Waals surface area contributed by atoms with Crippen LogP contribution in [0.4, 0.5) is 11.4 Å². The highest BCUT2D eigenvalue weighted by atomic mass is 35.5. The smallest absolute Gasteiger partial charge is 0.269 e. The van der Waals surface area contributed by atoms with Gasteiger partial charge in [-0.3, -0.25) is 19.7 Å². The van der Waals surface area contributed by atoms with Gasteiger partial charge in [-0.05, 0) is 29.8 Å². The molecule has 0 atom stereocenters. The summed E-state index contributed by atoms with van der Waals surface area (Å²) in [6, 6.07) is 12.5. The van der Waals surface area contributed by atoms with Crippen LogP contribution in [0.3, 0.4) is 0 Å². The predicted octanol–water partition coefficient (Wildman–Crippen LogP) is 3.12. The van der Waals surface area contributed by atoms with Crippen LogP contribution in [0, 0.1) is 10.1 Å². The number of carbonyl (C=O) groups is 2. The molecule has 2 amide bonds. The summed E-state index contributed by atoms with van der Waals surface area (Å²) < 4.78 is 0. The van der Waals surface area contributed by atoms with Gasteiger partial charge in [0.2, 0.25) is 11.8 Å². The van der Waals surface area contributed by atoms with E-state index in [1.165, 1.54) is 30.5 Å². The first kappa shape index (κ1) is 19.1. The first-order chi connectivity index (χ1) is 12.5. The molecular weight excluding hydrogens is 360 g/mol. The van der Waals surface area contributed by atoms with Crippen molar-refractivity contribution >= 4 is 41.0 Å². The fourth-order valence-electron chi connectivity index (χ4n) is 1.92. The van der Waals surface area contributed by atoms with Gasteiger partial charge in [0, 0.05) is 25.0 Å². The standard InChI is InChI=1S/C17H15ClN4O4/c18-14-3-1-2-4-15(14)20-16(23)9-10-17(24)21-19-11-12-5-7-13(8-6-12)22(25)26/h1-8,11H,9-10H2,(H,20,23)(H,21,24). The highest BCUT2D eigenvalue weighted by Crippen LogP contribution is 2.20.